The van der Waals surface area contributed by atoms with Crippen molar-refractivity contribution < 1.29 is 4.79 Å². The molecule has 1 heterocycles. The molecule has 98 valence electrons. The zero-order valence-electron chi connectivity index (χ0n) is 11.3. The van der Waals surface area contributed by atoms with E-state index in [4.69, 9.17) is 0 Å². The quantitative estimate of drug-likeness (QED) is 0.851. The summed E-state index contributed by atoms with van der Waals surface area (Å²) >= 11 is 0. The number of hydrogen-bond donors (Lipinski definition) is 1. The van der Waals surface area contributed by atoms with Gasteiger partial charge < -0.3 is 10.2 Å². The second kappa shape index (κ2) is 5.89. The van der Waals surface area contributed by atoms with Crippen LogP contribution in [0.15, 0.2) is 24.3 Å². The van der Waals surface area contributed by atoms with Crippen LogP contribution in [-0.2, 0) is 6.42 Å². The lowest BCUT2D eigenvalue weighted by Crippen LogP contribution is -2.40. The molecule has 1 fully saturated rings. The predicted octanol–water partition coefficient (Wildman–Crippen LogP) is 3.51. The van der Waals surface area contributed by atoms with Gasteiger partial charge in [0.05, 0.1) is 0 Å². The van der Waals surface area contributed by atoms with Crippen LogP contribution in [0.5, 0.6) is 0 Å². The van der Waals surface area contributed by atoms with E-state index in [0.717, 1.165) is 44.0 Å². The number of hydrogen-bond acceptors (Lipinski definition) is 1. The maximum atomic E-state index is 12.0. The molecule has 0 unspecified atom stereocenters. The molecule has 0 bridgehead atoms. The Bertz CT molecular complexity index is 391. The first-order valence-electron chi connectivity index (χ1n) is 6.84. The Labute approximate surface area is 109 Å². The number of carbonyl (C=O) groups is 1. The standard InChI is InChI=1S/C15H22N2O/c1-3-13-4-6-14(7-5-13)16-15(18)17-10-8-12(2)9-11-17/h4-7,12H,3,8-11H2,1-2H3,(H,16,18). The molecule has 1 aliphatic heterocycles. The van der Waals surface area contributed by atoms with Crippen LogP contribution in [0.4, 0.5) is 10.5 Å². The van der Waals surface area contributed by atoms with E-state index < -0.39 is 0 Å². The van der Waals surface area contributed by atoms with Gasteiger partial charge in [-0.05, 0) is 42.9 Å². The van der Waals surface area contributed by atoms with Crippen molar-refractivity contribution in [3.8, 4) is 0 Å². The number of rotatable bonds is 2. The third-order valence-corrected chi connectivity index (χ3v) is 3.68. The van der Waals surface area contributed by atoms with Gasteiger partial charge in [-0.15, -0.1) is 0 Å². The maximum absolute atomic E-state index is 12.0. The van der Waals surface area contributed by atoms with Gasteiger partial charge in [-0.25, -0.2) is 4.79 Å². The second-order valence-electron chi connectivity index (χ2n) is 5.15. The van der Waals surface area contributed by atoms with Crippen molar-refractivity contribution in [2.24, 2.45) is 5.92 Å². The monoisotopic (exact) mass is 246 g/mol. The Balaban J connectivity index is 1.90. The van der Waals surface area contributed by atoms with Crippen LogP contribution >= 0.6 is 0 Å². The normalized spacial score (nSPS) is 16.7. The first kappa shape index (κ1) is 12.9. The molecule has 0 aliphatic carbocycles. The fourth-order valence-corrected chi connectivity index (χ4v) is 2.24. The minimum Gasteiger partial charge on any atom is -0.325 e. The average molecular weight is 246 g/mol. The van der Waals surface area contributed by atoms with Crippen molar-refractivity contribution in [1.82, 2.24) is 4.90 Å². The van der Waals surface area contributed by atoms with Crippen LogP contribution in [-0.4, -0.2) is 24.0 Å². The van der Waals surface area contributed by atoms with E-state index in [1.54, 1.807) is 0 Å². The van der Waals surface area contributed by atoms with Crippen LogP contribution in [0.25, 0.3) is 0 Å². The van der Waals surface area contributed by atoms with Crippen LogP contribution in [0.2, 0.25) is 0 Å². The highest BCUT2D eigenvalue weighted by Crippen LogP contribution is 2.17. The lowest BCUT2D eigenvalue weighted by molar-refractivity contribution is 0.186. The molecule has 0 radical (unpaired) electrons. The number of urea groups is 1. The highest BCUT2D eigenvalue weighted by Gasteiger charge is 2.19. The number of benzene rings is 1. The summed E-state index contributed by atoms with van der Waals surface area (Å²) in [6, 6.07) is 8.11. The van der Waals surface area contributed by atoms with E-state index in [-0.39, 0.29) is 6.03 Å². The molecule has 3 heteroatoms. The Morgan fingerprint density at radius 1 is 1.28 bits per heavy atom. The second-order valence-corrected chi connectivity index (χ2v) is 5.15. The molecule has 1 saturated heterocycles. The van der Waals surface area contributed by atoms with Crippen LogP contribution in [0.1, 0.15) is 32.3 Å². The number of likely N-dealkylation sites (tertiary alicyclic amines) is 1. The Morgan fingerprint density at radius 3 is 2.44 bits per heavy atom. The summed E-state index contributed by atoms with van der Waals surface area (Å²) in [4.78, 5) is 14.0. The van der Waals surface area contributed by atoms with Crippen molar-refractivity contribution >= 4 is 11.7 Å². The SMILES string of the molecule is CCc1ccc(NC(=O)N2CCC(C)CC2)cc1. The van der Waals surface area contributed by atoms with E-state index in [1.165, 1.54) is 5.56 Å². The molecule has 0 atom stereocenters. The minimum absolute atomic E-state index is 0.0335. The Kier molecular flexibility index (Phi) is 4.24. The number of nitrogens with one attached hydrogen (secondary N) is 1. The van der Waals surface area contributed by atoms with Gasteiger partial charge in [0.15, 0.2) is 0 Å². The molecular weight excluding hydrogens is 224 g/mol. The van der Waals surface area contributed by atoms with Gasteiger partial charge in [-0.2, -0.15) is 0 Å². The maximum Gasteiger partial charge on any atom is 0.321 e. The third-order valence-electron chi connectivity index (χ3n) is 3.68. The van der Waals surface area contributed by atoms with Gasteiger partial charge in [0.1, 0.15) is 0 Å². The number of carbonyl (C=O) groups excluding carboxylic acids is 1. The summed E-state index contributed by atoms with van der Waals surface area (Å²) in [6.45, 7) is 6.13. The smallest absolute Gasteiger partial charge is 0.321 e. The van der Waals surface area contributed by atoms with E-state index in [1.807, 2.05) is 17.0 Å². The number of anilines is 1. The summed E-state index contributed by atoms with van der Waals surface area (Å²) in [7, 11) is 0. The van der Waals surface area contributed by atoms with Crippen molar-refractivity contribution in [1.29, 1.82) is 0 Å². The predicted molar refractivity (Wildman–Crippen MR) is 74.8 cm³/mol. The largest absolute Gasteiger partial charge is 0.325 e. The van der Waals surface area contributed by atoms with Crippen molar-refractivity contribution in [2.75, 3.05) is 18.4 Å². The summed E-state index contributed by atoms with van der Waals surface area (Å²) < 4.78 is 0. The first-order valence-corrected chi connectivity index (χ1v) is 6.84. The molecule has 1 aromatic carbocycles. The molecule has 1 aliphatic rings. The zero-order valence-corrected chi connectivity index (χ0v) is 11.3. The third kappa shape index (κ3) is 3.25. The fraction of sp³-hybridized carbons (Fsp3) is 0.533. The number of amides is 2. The summed E-state index contributed by atoms with van der Waals surface area (Å²) in [5.74, 6) is 0.748. The summed E-state index contributed by atoms with van der Waals surface area (Å²) in [5, 5.41) is 2.96. The van der Waals surface area contributed by atoms with Gasteiger partial charge >= 0.3 is 6.03 Å². The lowest BCUT2D eigenvalue weighted by Gasteiger charge is -2.30. The van der Waals surface area contributed by atoms with E-state index in [0.29, 0.717) is 0 Å². The fourth-order valence-electron chi connectivity index (χ4n) is 2.24. The molecule has 1 N–H and O–H groups in total. The van der Waals surface area contributed by atoms with E-state index in [9.17, 15) is 4.79 Å². The van der Waals surface area contributed by atoms with Gasteiger partial charge in [0, 0.05) is 18.8 Å². The van der Waals surface area contributed by atoms with Gasteiger partial charge in [0.2, 0.25) is 0 Å². The topological polar surface area (TPSA) is 32.3 Å². The molecule has 1 aromatic rings. The van der Waals surface area contributed by atoms with Gasteiger partial charge in [-0.3, -0.25) is 0 Å². The molecule has 0 spiro atoms. The highest BCUT2D eigenvalue weighted by molar-refractivity contribution is 5.89. The van der Waals surface area contributed by atoms with Gasteiger partial charge in [0.25, 0.3) is 0 Å². The number of nitrogens with zero attached hydrogens (tertiary/aromatic N) is 1. The molecule has 0 aromatic heterocycles. The van der Waals surface area contributed by atoms with Crippen molar-refractivity contribution in [3.05, 3.63) is 29.8 Å². The summed E-state index contributed by atoms with van der Waals surface area (Å²) in [6.07, 6.45) is 3.25. The van der Waals surface area contributed by atoms with Crippen LogP contribution < -0.4 is 5.32 Å². The van der Waals surface area contributed by atoms with E-state index >= 15 is 0 Å². The van der Waals surface area contributed by atoms with Gasteiger partial charge in [-0.1, -0.05) is 26.0 Å². The Hall–Kier alpha value is -1.51. The zero-order chi connectivity index (χ0) is 13.0. The molecule has 2 rings (SSSR count). The first-order chi connectivity index (χ1) is 8.69. The highest BCUT2D eigenvalue weighted by atomic mass is 16.2. The molecular formula is C15H22N2O. The molecule has 18 heavy (non-hydrogen) atoms. The summed E-state index contributed by atoms with van der Waals surface area (Å²) in [5.41, 5.74) is 2.18. The Morgan fingerprint density at radius 2 is 1.89 bits per heavy atom. The van der Waals surface area contributed by atoms with Crippen molar-refractivity contribution in [2.45, 2.75) is 33.1 Å². The number of piperidine rings is 1. The average Bonchev–Trinajstić information content (AvgIpc) is 2.40. The lowest BCUT2D eigenvalue weighted by atomic mass is 10.00. The molecule has 2 amide bonds. The molecule has 3 nitrogen and oxygen atoms in total. The van der Waals surface area contributed by atoms with E-state index in [2.05, 4.69) is 31.3 Å². The number of aryl methyl sites for hydroxylation is 1. The van der Waals surface area contributed by atoms with Crippen LogP contribution in [0, 0.1) is 5.92 Å². The molecule has 0 saturated carbocycles. The van der Waals surface area contributed by atoms with Crippen LogP contribution in [0.3, 0.4) is 0 Å². The minimum atomic E-state index is 0.0335. The van der Waals surface area contributed by atoms with Crippen molar-refractivity contribution in [3.63, 3.8) is 0 Å².